The molecular weight excluding hydrogens is 224 g/mol. The predicted octanol–water partition coefficient (Wildman–Crippen LogP) is 2.09. The van der Waals surface area contributed by atoms with Crippen molar-refractivity contribution in [3.8, 4) is 0 Å². The highest BCUT2D eigenvalue weighted by atomic mass is 32.2. The van der Waals surface area contributed by atoms with Crippen LogP contribution in [-0.4, -0.2) is 27.3 Å². The standard InChI is InChI=1S/C11H14N2O2S/c1-16-11-12-6-8(5-9(14)15)10(13-11)7-3-2-4-7/h6-7H,2-5H2,1H3,(H,14,15). The van der Waals surface area contributed by atoms with E-state index in [1.165, 1.54) is 18.2 Å². The molecule has 1 fully saturated rings. The molecule has 16 heavy (non-hydrogen) atoms. The highest BCUT2D eigenvalue weighted by Gasteiger charge is 2.25. The molecule has 1 aliphatic carbocycles. The van der Waals surface area contributed by atoms with Crippen LogP contribution in [0.1, 0.15) is 36.4 Å². The number of carboxylic acids is 1. The maximum Gasteiger partial charge on any atom is 0.307 e. The van der Waals surface area contributed by atoms with E-state index < -0.39 is 5.97 Å². The molecule has 1 aromatic heterocycles. The summed E-state index contributed by atoms with van der Waals surface area (Å²) in [4.78, 5) is 19.3. The molecule has 0 unspecified atom stereocenters. The largest absolute Gasteiger partial charge is 0.481 e. The Hall–Kier alpha value is -1.10. The Balaban J connectivity index is 2.30. The Bertz CT molecular complexity index is 405. The van der Waals surface area contributed by atoms with Gasteiger partial charge in [0.15, 0.2) is 5.16 Å². The van der Waals surface area contributed by atoms with Gasteiger partial charge in [0.1, 0.15) is 0 Å². The molecule has 5 heteroatoms. The highest BCUT2D eigenvalue weighted by molar-refractivity contribution is 7.98. The summed E-state index contributed by atoms with van der Waals surface area (Å²) in [5.41, 5.74) is 1.73. The molecule has 0 bridgehead atoms. The first kappa shape index (κ1) is 11.4. The summed E-state index contributed by atoms with van der Waals surface area (Å²) in [5.74, 6) is -0.371. The molecule has 2 rings (SSSR count). The van der Waals surface area contributed by atoms with Gasteiger partial charge in [0.25, 0.3) is 0 Å². The van der Waals surface area contributed by atoms with Crippen molar-refractivity contribution >= 4 is 17.7 Å². The zero-order chi connectivity index (χ0) is 11.5. The second kappa shape index (κ2) is 4.82. The normalized spacial score (nSPS) is 15.8. The van der Waals surface area contributed by atoms with E-state index in [4.69, 9.17) is 5.11 Å². The van der Waals surface area contributed by atoms with Gasteiger partial charge in [-0.2, -0.15) is 0 Å². The molecule has 1 aromatic rings. The third kappa shape index (κ3) is 2.35. The molecule has 0 spiro atoms. The summed E-state index contributed by atoms with van der Waals surface area (Å²) in [6.07, 6.45) is 7.09. The summed E-state index contributed by atoms with van der Waals surface area (Å²) in [7, 11) is 0. The number of thioether (sulfide) groups is 1. The van der Waals surface area contributed by atoms with Gasteiger partial charge in [-0.15, -0.1) is 0 Å². The zero-order valence-corrected chi connectivity index (χ0v) is 9.96. The van der Waals surface area contributed by atoms with Crippen LogP contribution in [-0.2, 0) is 11.2 Å². The van der Waals surface area contributed by atoms with Crippen molar-refractivity contribution in [3.63, 3.8) is 0 Å². The fraction of sp³-hybridized carbons (Fsp3) is 0.545. The van der Waals surface area contributed by atoms with Crippen LogP contribution in [0, 0.1) is 0 Å². The van der Waals surface area contributed by atoms with Crippen LogP contribution in [0.5, 0.6) is 0 Å². The quantitative estimate of drug-likeness (QED) is 0.643. The number of aliphatic carboxylic acids is 1. The lowest BCUT2D eigenvalue weighted by atomic mass is 9.81. The minimum Gasteiger partial charge on any atom is -0.481 e. The van der Waals surface area contributed by atoms with Gasteiger partial charge >= 0.3 is 5.97 Å². The lowest BCUT2D eigenvalue weighted by molar-refractivity contribution is -0.136. The highest BCUT2D eigenvalue weighted by Crippen LogP contribution is 2.37. The lowest BCUT2D eigenvalue weighted by Gasteiger charge is -2.26. The molecule has 0 radical (unpaired) electrons. The minimum absolute atomic E-state index is 0.0283. The Kier molecular flexibility index (Phi) is 3.43. The Labute approximate surface area is 98.5 Å². The molecule has 4 nitrogen and oxygen atoms in total. The van der Waals surface area contributed by atoms with Crippen LogP contribution in [0.2, 0.25) is 0 Å². The van der Waals surface area contributed by atoms with Gasteiger partial charge in [0.2, 0.25) is 0 Å². The van der Waals surface area contributed by atoms with E-state index in [1.54, 1.807) is 6.20 Å². The molecule has 0 saturated heterocycles. The number of hydrogen-bond donors (Lipinski definition) is 1. The number of aromatic nitrogens is 2. The van der Waals surface area contributed by atoms with Crippen molar-refractivity contribution in [1.82, 2.24) is 9.97 Å². The second-order valence-corrected chi connectivity index (χ2v) is 4.74. The van der Waals surface area contributed by atoms with Crippen LogP contribution in [0.25, 0.3) is 0 Å². The summed E-state index contributed by atoms with van der Waals surface area (Å²) < 4.78 is 0. The summed E-state index contributed by atoms with van der Waals surface area (Å²) in [6.45, 7) is 0. The third-order valence-corrected chi connectivity index (χ3v) is 3.45. The fourth-order valence-electron chi connectivity index (χ4n) is 1.84. The van der Waals surface area contributed by atoms with E-state index in [9.17, 15) is 4.79 Å². The maximum absolute atomic E-state index is 10.7. The average molecular weight is 238 g/mol. The molecule has 1 N–H and O–H groups in total. The van der Waals surface area contributed by atoms with Gasteiger partial charge in [-0.1, -0.05) is 18.2 Å². The summed E-state index contributed by atoms with van der Waals surface area (Å²) in [6, 6.07) is 0. The van der Waals surface area contributed by atoms with Crippen LogP contribution in [0.4, 0.5) is 0 Å². The lowest BCUT2D eigenvalue weighted by Crippen LogP contribution is -2.16. The minimum atomic E-state index is -0.818. The Morgan fingerprint density at radius 2 is 2.38 bits per heavy atom. The topological polar surface area (TPSA) is 63.1 Å². The predicted molar refractivity (Wildman–Crippen MR) is 61.7 cm³/mol. The SMILES string of the molecule is CSc1ncc(CC(=O)O)c(C2CCC2)n1. The van der Waals surface area contributed by atoms with Gasteiger partial charge in [-0.05, 0) is 19.1 Å². The van der Waals surface area contributed by atoms with Crippen molar-refractivity contribution in [3.05, 3.63) is 17.5 Å². The number of carbonyl (C=O) groups is 1. The third-order valence-electron chi connectivity index (χ3n) is 2.89. The molecular formula is C11H14N2O2S. The Morgan fingerprint density at radius 3 is 2.88 bits per heavy atom. The van der Waals surface area contributed by atoms with Crippen molar-refractivity contribution in [2.75, 3.05) is 6.26 Å². The summed E-state index contributed by atoms with van der Waals surface area (Å²) in [5, 5.41) is 9.56. The van der Waals surface area contributed by atoms with E-state index in [-0.39, 0.29) is 6.42 Å². The molecule has 1 saturated carbocycles. The van der Waals surface area contributed by atoms with E-state index in [1.807, 2.05) is 6.26 Å². The summed E-state index contributed by atoms with van der Waals surface area (Å²) >= 11 is 1.49. The number of rotatable bonds is 4. The molecule has 0 aliphatic heterocycles. The van der Waals surface area contributed by atoms with Crippen LogP contribution >= 0.6 is 11.8 Å². The molecule has 0 aromatic carbocycles. The number of nitrogens with zero attached hydrogens (tertiary/aromatic N) is 2. The van der Waals surface area contributed by atoms with Crippen LogP contribution in [0.15, 0.2) is 11.4 Å². The monoisotopic (exact) mass is 238 g/mol. The smallest absolute Gasteiger partial charge is 0.307 e. The maximum atomic E-state index is 10.7. The first-order valence-corrected chi connectivity index (χ1v) is 6.54. The van der Waals surface area contributed by atoms with Crippen molar-refractivity contribution < 1.29 is 9.90 Å². The molecule has 0 atom stereocenters. The first-order chi connectivity index (χ1) is 7.70. The number of hydrogen-bond acceptors (Lipinski definition) is 4. The molecule has 0 amide bonds. The van der Waals surface area contributed by atoms with Gasteiger partial charge < -0.3 is 5.11 Å². The molecule has 1 aliphatic rings. The van der Waals surface area contributed by atoms with Crippen molar-refractivity contribution in [2.45, 2.75) is 36.8 Å². The molecule has 1 heterocycles. The van der Waals surface area contributed by atoms with Gasteiger partial charge in [0, 0.05) is 17.7 Å². The molecule has 86 valence electrons. The van der Waals surface area contributed by atoms with Gasteiger partial charge in [0.05, 0.1) is 12.1 Å². The van der Waals surface area contributed by atoms with Crippen molar-refractivity contribution in [2.24, 2.45) is 0 Å². The van der Waals surface area contributed by atoms with E-state index in [0.717, 1.165) is 29.3 Å². The van der Waals surface area contributed by atoms with Gasteiger partial charge in [-0.25, -0.2) is 9.97 Å². The van der Waals surface area contributed by atoms with Crippen LogP contribution < -0.4 is 0 Å². The second-order valence-electron chi connectivity index (χ2n) is 3.97. The zero-order valence-electron chi connectivity index (χ0n) is 9.14. The van der Waals surface area contributed by atoms with E-state index in [2.05, 4.69) is 9.97 Å². The van der Waals surface area contributed by atoms with Gasteiger partial charge in [-0.3, -0.25) is 4.79 Å². The van der Waals surface area contributed by atoms with E-state index in [0.29, 0.717) is 5.92 Å². The number of carboxylic acid groups (broad SMARTS) is 1. The van der Waals surface area contributed by atoms with Crippen LogP contribution in [0.3, 0.4) is 0 Å². The van der Waals surface area contributed by atoms with Crippen molar-refractivity contribution in [1.29, 1.82) is 0 Å². The average Bonchev–Trinajstić information content (AvgIpc) is 2.17. The Morgan fingerprint density at radius 1 is 1.62 bits per heavy atom. The first-order valence-electron chi connectivity index (χ1n) is 5.32. The fourth-order valence-corrected chi connectivity index (χ4v) is 2.18. The van der Waals surface area contributed by atoms with E-state index >= 15 is 0 Å².